The molecule has 1 atom stereocenters. The number of hydrogen-bond donors (Lipinski definition) is 1. The van der Waals surface area contributed by atoms with E-state index in [2.05, 4.69) is 5.32 Å². The molecule has 1 aromatic rings. The lowest BCUT2D eigenvalue weighted by Crippen LogP contribution is -2.42. The highest BCUT2D eigenvalue weighted by Crippen LogP contribution is 2.37. The van der Waals surface area contributed by atoms with E-state index in [1.165, 1.54) is 0 Å². The summed E-state index contributed by atoms with van der Waals surface area (Å²) in [4.78, 5) is 22.9. The Morgan fingerprint density at radius 3 is 2.32 bits per heavy atom. The van der Waals surface area contributed by atoms with Crippen molar-refractivity contribution in [3.63, 3.8) is 0 Å². The number of carbonyl (C=O) groups excluding carboxylic acids is 2. The van der Waals surface area contributed by atoms with E-state index >= 15 is 0 Å². The quantitative estimate of drug-likeness (QED) is 0.673. The predicted octanol–water partition coefficient (Wildman–Crippen LogP) is 3.34. The van der Waals surface area contributed by atoms with Crippen LogP contribution in [0.5, 0.6) is 0 Å². The van der Waals surface area contributed by atoms with E-state index in [1.807, 2.05) is 0 Å². The summed E-state index contributed by atoms with van der Waals surface area (Å²) in [5.74, 6) is -0.954. The Hall–Kier alpha value is -0.490. The molecule has 19 heavy (non-hydrogen) atoms. The zero-order valence-electron chi connectivity index (χ0n) is 9.41. The van der Waals surface area contributed by atoms with E-state index in [4.69, 9.17) is 34.8 Å². The first kappa shape index (κ1) is 16.6. The summed E-state index contributed by atoms with van der Waals surface area (Å²) in [6.45, 7) is -1.25. The molecule has 1 N–H and O–H groups in total. The fourth-order valence-electron chi connectivity index (χ4n) is 1.11. The minimum atomic E-state index is -1.93. The molecule has 0 heterocycles. The van der Waals surface area contributed by atoms with Crippen molar-refractivity contribution in [2.45, 2.75) is 9.17 Å². The topological polar surface area (TPSA) is 46.2 Å². The number of alkyl halides is 4. The largest absolute Gasteiger partial charge is 0.337 e. The lowest BCUT2D eigenvalue weighted by Gasteiger charge is -2.23. The molecule has 104 valence electrons. The number of carbonyl (C=O) groups is 2. The second-order valence-electron chi connectivity index (χ2n) is 3.39. The Kier molecular flexibility index (Phi) is 6.39. The van der Waals surface area contributed by atoms with Crippen LogP contribution in [0.4, 0.5) is 4.39 Å². The van der Waals surface area contributed by atoms with Crippen LogP contribution in [-0.4, -0.2) is 26.9 Å². The normalized spacial score (nSPS) is 12.8. The standard InChI is InChI=1S/C11H9Cl3FNO2S/c12-11(13,14)10(16-8(17)6-15)19-9(18)7-4-2-1-3-5-7/h1-5,10H,6H2,(H,16,17). The third-order valence-corrected chi connectivity index (χ3v) is 4.14. The van der Waals surface area contributed by atoms with Crippen LogP contribution < -0.4 is 5.32 Å². The van der Waals surface area contributed by atoms with Gasteiger partial charge >= 0.3 is 0 Å². The zero-order chi connectivity index (χ0) is 14.5. The first-order chi connectivity index (χ1) is 8.84. The van der Waals surface area contributed by atoms with Gasteiger partial charge in [0.25, 0.3) is 5.91 Å². The van der Waals surface area contributed by atoms with Gasteiger partial charge in [0.2, 0.25) is 8.91 Å². The van der Waals surface area contributed by atoms with E-state index < -0.39 is 26.9 Å². The Bertz CT molecular complexity index is 453. The third-order valence-electron chi connectivity index (χ3n) is 1.95. The average molecular weight is 345 g/mol. The molecular formula is C11H9Cl3FNO2S. The molecule has 0 aromatic heterocycles. The van der Waals surface area contributed by atoms with Crippen LogP contribution in [0.25, 0.3) is 0 Å². The van der Waals surface area contributed by atoms with Crippen molar-refractivity contribution < 1.29 is 14.0 Å². The monoisotopic (exact) mass is 343 g/mol. The molecule has 0 bridgehead atoms. The van der Waals surface area contributed by atoms with E-state index in [0.29, 0.717) is 17.3 Å². The molecule has 0 fully saturated rings. The van der Waals surface area contributed by atoms with Gasteiger partial charge in [0.15, 0.2) is 6.67 Å². The summed E-state index contributed by atoms with van der Waals surface area (Å²) < 4.78 is 10.2. The number of benzene rings is 1. The average Bonchev–Trinajstić information content (AvgIpc) is 2.37. The summed E-state index contributed by atoms with van der Waals surface area (Å²) in [5.41, 5.74) is 0.390. The summed E-state index contributed by atoms with van der Waals surface area (Å²) >= 11 is 17.6. The van der Waals surface area contributed by atoms with E-state index in [-0.39, 0.29) is 0 Å². The van der Waals surface area contributed by atoms with Crippen molar-refractivity contribution in [2.75, 3.05) is 6.67 Å². The highest BCUT2D eigenvalue weighted by Gasteiger charge is 2.36. The summed E-state index contributed by atoms with van der Waals surface area (Å²) in [7, 11) is 0. The Morgan fingerprint density at radius 1 is 1.26 bits per heavy atom. The minimum Gasteiger partial charge on any atom is -0.337 e. The zero-order valence-corrected chi connectivity index (χ0v) is 12.5. The van der Waals surface area contributed by atoms with Crippen molar-refractivity contribution in [1.29, 1.82) is 0 Å². The van der Waals surface area contributed by atoms with Crippen LogP contribution in [-0.2, 0) is 4.79 Å². The highest BCUT2D eigenvalue weighted by atomic mass is 35.6. The molecule has 1 amide bonds. The number of nitrogens with one attached hydrogen (secondary N) is 1. The molecule has 3 nitrogen and oxygen atoms in total. The molecule has 1 rings (SSSR count). The maximum Gasteiger partial charge on any atom is 0.252 e. The third kappa shape index (κ3) is 5.57. The van der Waals surface area contributed by atoms with E-state index in [0.717, 1.165) is 0 Å². The van der Waals surface area contributed by atoms with Gasteiger partial charge in [0, 0.05) is 5.56 Å². The Labute approximate surface area is 128 Å². The minimum absolute atomic E-state index is 0.390. The van der Waals surface area contributed by atoms with Gasteiger partial charge in [-0.2, -0.15) is 0 Å². The molecule has 0 aliphatic heterocycles. The van der Waals surface area contributed by atoms with Crippen molar-refractivity contribution in [3.8, 4) is 0 Å². The summed E-state index contributed by atoms with van der Waals surface area (Å²) in [6, 6.07) is 8.28. The fraction of sp³-hybridized carbons (Fsp3) is 0.273. The summed E-state index contributed by atoms with van der Waals surface area (Å²) in [5, 5.41) is 0.574. The van der Waals surface area contributed by atoms with Crippen LogP contribution in [0.1, 0.15) is 10.4 Å². The number of halogens is 4. The second kappa shape index (κ2) is 7.33. The molecule has 0 spiro atoms. The van der Waals surface area contributed by atoms with Crippen LogP contribution in [0, 0.1) is 0 Å². The molecule has 0 saturated carbocycles. The molecule has 0 radical (unpaired) electrons. The molecule has 8 heteroatoms. The van der Waals surface area contributed by atoms with Crippen molar-refractivity contribution >= 4 is 57.6 Å². The maximum atomic E-state index is 12.2. The van der Waals surface area contributed by atoms with Gasteiger partial charge in [0.1, 0.15) is 5.37 Å². The van der Waals surface area contributed by atoms with E-state index in [1.54, 1.807) is 30.3 Å². The number of amides is 1. The number of rotatable bonds is 4. The Morgan fingerprint density at radius 2 is 1.84 bits per heavy atom. The van der Waals surface area contributed by atoms with Gasteiger partial charge in [-0.05, 0) is 0 Å². The van der Waals surface area contributed by atoms with Gasteiger partial charge in [-0.15, -0.1) is 0 Å². The van der Waals surface area contributed by atoms with Gasteiger partial charge in [-0.1, -0.05) is 76.9 Å². The molecule has 1 unspecified atom stereocenters. The van der Waals surface area contributed by atoms with Crippen LogP contribution in [0.3, 0.4) is 0 Å². The summed E-state index contributed by atoms with van der Waals surface area (Å²) in [6.07, 6.45) is 0. The fourth-order valence-corrected chi connectivity index (χ4v) is 2.49. The van der Waals surface area contributed by atoms with E-state index in [9.17, 15) is 14.0 Å². The second-order valence-corrected chi connectivity index (χ2v) is 6.84. The predicted molar refractivity (Wildman–Crippen MR) is 76.6 cm³/mol. The van der Waals surface area contributed by atoms with Gasteiger partial charge in [-0.25, -0.2) is 4.39 Å². The molecule has 0 aliphatic carbocycles. The SMILES string of the molecule is O=C(CF)NC(SC(=O)c1ccccc1)C(Cl)(Cl)Cl. The van der Waals surface area contributed by atoms with Gasteiger partial charge < -0.3 is 5.32 Å². The lowest BCUT2D eigenvalue weighted by molar-refractivity contribution is -0.122. The first-order valence-corrected chi connectivity index (χ1v) is 7.04. The highest BCUT2D eigenvalue weighted by molar-refractivity contribution is 8.14. The first-order valence-electron chi connectivity index (χ1n) is 5.02. The molecule has 1 aromatic carbocycles. The number of thioether (sulfide) groups is 1. The van der Waals surface area contributed by atoms with Crippen LogP contribution in [0.15, 0.2) is 30.3 Å². The Balaban J connectivity index is 2.78. The van der Waals surface area contributed by atoms with Crippen molar-refractivity contribution in [3.05, 3.63) is 35.9 Å². The molecular weight excluding hydrogens is 336 g/mol. The maximum absolute atomic E-state index is 12.2. The molecule has 0 saturated heterocycles. The smallest absolute Gasteiger partial charge is 0.252 e. The van der Waals surface area contributed by atoms with Crippen LogP contribution >= 0.6 is 46.6 Å². The van der Waals surface area contributed by atoms with Gasteiger partial charge in [-0.3, -0.25) is 9.59 Å². The lowest BCUT2D eigenvalue weighted by atomic mass is 10.2. The van der Waals surface area contributed by atoms with Crippen molar-refractivity contribution in [1.82, 2.24) is 5.32 Å². The van der Waals surface area contributed by atoms with Crippen LogP contribution in [0.2, 0.25) is 0 Å². The number of hydrogen-bond acceptors (Lipinski definition) is 3. The molecule has 0 aliphatic rings. The van der Waals surface area contributed by atoms with Crippen molar-refractivity contribution in [2.24, 2.45) is 0 Å². The van der Waals surface area contributed by atoms with Gasteiger partial charge in [0.05, 0.1) is 0 Å².